The van der Waals surface area contributed by atoms with Gasteiger partial charge in [-0.2, -0.15) is 0 Å². The molecular weight excluding hydrogens is 700 g/mol. The topological polar surface area (TPSA) is 199 Å². The molecule has 288 valence electrons. The molecule has 0 aromatic carbocycles. The van der Waals surface area contributed by atoms with E-state index in [0.29, 0.717) is 5.56 Å². The van der Waals surface area contributed by atoms with Crippen LogP contribution in [-0.4, -0.2) is 90.1 Å². The van der Waals surface area contributed by atoms with Gasteiger partial charge >= 0.3 is 35.8 Å². The molecule has 53 heavy (non-hydrogen) atoms. The van der Waals surface area contributed by atoms with E-state index in [-0.39, 0.29) is 19.3 Å². The molecule has 7 fully saturated rings. The number of carbonyl (C=O) groups excluding carboxylic acids is 6. The first kappa shape index (κ1) is 36.0. The van der Waals surface area contributed by atoms with Gasteiger partial charge in [0.2, 0.25) is 6.10 Å². The molecule has 7 aliphatic rings. The Balaban J connectivity index is 1.49. The molecule has 1 aromatic heterocycles. The highest BCUT2D eigenvalue weighted by molar-refractivity contribution is 5.80. The largest absolute Gasteiger partial charge is 0.472 e. The van der Waals surface area contributed by atoms with Gasteiger partial charge in [0.1, 0.15) is 35.6 Å². The van der Waals surface area contributed by atoms with Crippen LogP contribution in [0.4, 0.5) is 0 Å². The van der Waals surface area contributed by atoms with Crippen LogP contribution in [0.2, 0.25) is 0 Å². The molecular formula is C37H44O16. The van der Waals surface area contributed by atoms with Crippen molar-refractivity contribution in [2.45, 2.75) is 128 Å². The number of fused-ring (bicyclic) bond motifs is 3. The van der Waals surface area contributed by atoms with Gasteiger partial charge in [0.25, 0.3) is 5.97 Å². The second-order valence-electron chi connectivity index (χ2n) is 16.5. The van der Waals surface area contributed by atoms with Crippen molar-refractivity contribution in [1.29, 1.82) is 0 Å². The van der Waals surface area contributed by atoms with E-state index in [1.165, 1.54) is 40.4 Å². The number of esters is 6. The van der Waals surface area contributed by atoms with Gasteiger partial charge in [-0.25, -0.2) is 4.79 Å². The van der Waals surface area contributed by atoms with E-state index >= 15 is 0 Å². The van der Waals surface area contributed by atoms with Crippen molar-refractivity contribution in [2.75, 3.05) is 7.11 Å². The molecule has 1 aromatic rings. The average Bonchev–Trinajstić information content (AvgIpc) is 3.74. The van der Waals surface area contributed by atoms with Gasteiger partial charge < -0.3 is 47.0 Å². The number of ether oxygens (including phenoxy) is 9. The van der Waals surface area contributed by atoms with Gasteiger partial charge in [0.15, 0.2) is 0 Å². The Morgan fingerprint density at radius 2 is 1.53 bits per heavy atom. The number of rotatable bonds is 7. The molecule has 0 unspecified atom stereocenters. The molecule has 0 radical (unpaired) electrons. The van der Waals surface area contributed by atoms with E-state index in [2.05, 4.69) is 0 Å². The molecule has 16 nitrogen and oxygen atoms in total. The van der Waals surface area contributed by atoms with Crippen LogP contribution in [0.25, 0.3) is 0 Å². The third-order valence-corrected chi connectivity index (χ3v) is 14.1. The molecule has 4 bridgehead atoms. The summed E-state index contributed by atoms with van der Waals surface area (Å²) in [4.78, 5) is 80.2. The Bertz CT molecular complexity index is 1820. The Morgan fingerprint density at radius 1 is 0.868 bits per heavy atom. The van der Waals surface area contributed by atoms with Crippen LogP contribution in [0, 0.1) is 34.0 Å². The lowest BCUT2D eigenvalue weighted by Crippen LogP contribution is -2.90. The molecule has 2 spiro atoms. The van der Waals surface area contributed by atoms with Crippen LogP contribution in [0.3, 0.4) is 0 Å². The van der Waals surface area contributed by atoms with Crippen LogP contribution >= 0.6 is 0 Å². The monoisotopic (exact) mass is 744 g/mol. The highest BCUT2D eigenvalue weighted by Gasteiger charge is 3.01. The quantitative estimate of drug-likeness (QED) is 0.291. The lowest BCUT2D eigenvalue weighted by atomic mass is 9.34. The molecule has 4 aliphatic carbocycles. The van der Waals surface area contributed by atoms with Gasteiger partial charge in [0, 0.05) is 69.3 Å². The van der Waals surface area contributed by atoms with Crippen molar-refractivity contribution in [2.24, 2.45) is 34.0 Å². The number of methoxy groups -OCH3 is 1. The van der Waals surface area contributed by atoms with Crippen LogP contribution in [-0.2, 0) is 71.4 Å². The first-order chi connectivity index (χ1) is 24.7. The van der Waals surface area contributed by atoms with Crippen LogP contribution in [0.15, 0.2) is 23.0 Å². The predicted molar refractivity (Wildman–Crippen MR) is 170 cm³/mol. The summed E-state index contributed by atoms with van der Waals surface area (Å²) in [7, 11) is 1.17. The second kappa shape index (κ2) is 10.8. The smallest absolute Gasteiger partial charge is 0.347 e. The minimum absolute atomic E-state index is 0.107. The van der Waals surface area contributed by atoms with Crippen molar-refractivity contribution in [3.63, 3.8) is 0 Å². The standard InChI is InChI=1S/C37H44O16/c1-16(38)46-22-13-36-33(7)26(25(30(43)44-9)47-17(2)39)31(5)15-35(33)24(28(31)48-18(3)40)29(49-19(4)41)37(36,53-34(8,51-35)52-36)21-12-23(42)50-27(32(21,22)6)20-10-11-45-14-20/h10-11,14,21-22,24-29H,12-13,15H2,1-9H3/t21-,22+,24-,25+,26+,27+,28-,29-,31-,32+,33-,34+,35+,36+,37-/m1/s1. The van der Waals surface area contributed by atoms with E-state index in [4.69, 9.17) is 47.0 Å². The summed E-state index contributed by atoms with van der Waals surface area (Å²) in [6.45, 7) is 12.0. The van der Waals surface area contributed by atoms with Crippen molar-refractivity contribution < 1.29 is 75.8 Å². The number of cyclic esters (lactones) is 1. The number of hydrogen-bond acceptors (Lipinski definition) is 16. The zero-order valence-corrected chi connectivity index (χ0v) is 31.0. The van der Waals surface area contributed by atoms with E-state index in [1.807, 2.05) is 20.8 Å². The van der Waals surface area contributed by atoms with Crippen molar-refractivity contribution >= 4 is 35.8 Å². The fraction of sp³-hybridized carbons (Fsp3) is 0.730. The lowest BCUT2D eigenvalue weighted by Gasteiger charge is -2.76. The average molecular weight is 745 g/mol. The molecule has 0 amide bonds. The minimum atomic E-state index is -1.87. The molecule has 16 heteroatoms. The van der Waals surface area contributed by atoms with Crippen LogP contribution in [0.5, 0.6) is 0 Å². The summed E-state index contributed by atoms with van der Waals surface area (Å²) in [5.41, 5.74) is -8.50. The fourth-order valence-corrected chi connectivity index (χ4v) is 13.1. The molecule has 15 atom stereocenters. The summed E-state index contributed by atoms with van der Waals surface area (Å²) in [6, 6.07) is 1.64. The van der Waals surface area contributed by atoms with Gasteiger partial charge in [-0.05, 0) is 12.5 Å². The maximum Gasteiger partial charge on any atom is 0.347 e. The number of hydrogen-bond donors (Lipinski definition) is 0. The second-order valence-corrected chi connectivity index (χ2v) is 16.5. The molecule has 0 N–H and O–H groups in total. The molecule has 8 rings (SSSR count). The van der Waals surface area contributed by atoms with E-state index in [0.717, 1.165) is 6.92 Å². The Morgan fingerprint density at radius 3 is 2.11 bits per heavy atom. The summed E-state index contributed by atoms with van der Waals surface area (Å²) >= 11 is 0. The van der Waals surface area contributed by atoms with Crippen molar-refractivity contribution in [3.8, 4) is 0 Å². The van der Waals surface area contributed by atoms with E-state index in [1.54, 1.807) is 13.0 Å². The highest BCUT2D eigenvalue weighted by Crippen LogP contribution is 2.89. The zero-order chi connectivity index (χ0) is 38.5. The van der Waals surface area contributed by atoms with Crippen molar-refractivity contribution in [3.05, 3.63) is 24.2 Å². The highest BCUT2D eigenvalue weighted by atomic mass is 16.9. The normalized spacial score (nSPS) is 48.5. The molecule has 4 saturated carbocycles. The zero-order valence-electron chi connectivity index (χ0n) is 31.0. The third kappa shape index (κ3) is 4.01. The Labute approximate surface area is 304 Å². The lowest BCUT2D eigenvalue weighted by molar-refractivity contribution is -0.460. The Kier molecular flexibility index (Phi) is 7.34. The SMILES string of the molecule is COC(=O)[C@@H](OC(C)=O)[C@H]1[C@@]2(C)C[C@]34O[C@]5(C)O[C@@]6([C@H](OC(C)=O)[C@H]3[C@H]2OC(C)=O)[C@@H]2CC(=O)O[C@@H](c3ccoc3)[C@]2(C)[C@@H](OC(C)=O)C[C@]6(O5)[C@]14C. The first-order valence-electron chi connectivity index (χ1n) is 17.8. The molecule has 3 aliphatic heterocycles. The maximum absolute atomic E-state index is 13.9. The maximum atomic E-state index is 13.9. The van der Waals surface area contributed by atoms with Gasteiger partial charge in [0.05, 0.1) is 43.0 Å². The van der Waals surface area contributed by atoms with E-state index in [9.17, 15) is 28.8 Å². The number of furan rings is 1. The van der Waals surface area contributed by atoms with Gasteiger partial charge in [-0.1, -0.05) is 20.8 Å². The summed E-state index contributed by atoms with van der Waals surface area (Å²) in [6.07, 6.45) is -3.58. The first-order valence-corrected chi connectivity index (χ1v) is 17.8. The summed E-state index contributed by atoms with van der Waals surface area (Å²) in [5.74, 6) is -9.18. The van der Waals surface area contributed by atoms with Crippen molar-refractivity contribution in [1.82, 2.24) is 0 Å². The van der Waals surface area contributed by atoms with Gasteiger partial charge in [-0.3, -0.25) is 24.0 Å². The van der Waals surface area contributed by atoms with Crippen LogP contribution in [0.1, 0.15) is 86.3 Å². The van der Waals surface area contributed by atoms with E-state index < -0.39 is 123 Å². The fourth-order valence-electron chi connectivity index (χ4n) is 13.1. The third-order valence-electron chi connectivity index (χ3n) is 14.1. The summed E-state index contributed by atoms with van der Waals surface area (Å²) in [5, 5.41) is 0. The molecule has 4 heterocycles. The molecule has 3 saturated heterocycles. The Hall–Kier alpha value is -4.02. The van der Waals surface area contributed by atoms with Crippen LogP contribution < -0.4 is 0 Å². The number of carbonyl (C=O) groups is 6. The summed E-state index contributed by atoms with van der Waals surface area (Å²) < 4.78 is 62.9. The van der Waals surface area contributed by atoms with Gasteiger partial charge in [-0.15, -0.1) is 0 Å². The minimum Gasteiger partial charge on any atom is -0.472 e. The predicted octanol–water partition coefficient (Wildman–Crippen LogP) is 2.84.